The Morgan fingerprint density at radius 1 is 1.20 bits per heavy atom. The summed E-state index contributed by atoms with van der Waals surface area (Å²) in [5.74, 6) is 0.252. The van der Waals surface area contributed by atoms with Crippen molar-refractivity contribution in [2.24, 2.45) is 5.41 Å². The highest BCUT2D eigenvalue weighted by atomic mass is 16.3. The number of nitrogens with zero attached hydrogens (tertiary/aromatic N) is 1. The quantitative estimate of drug-likeness (QED) is 0.660. The molecular weight excluding hydrogens is 190 g/mol. The van der Waals surface area contributed by atoms with Crippen molar-refractivity contribution in [3.05, 3.63) is 0 Å². The molecule has 2 aliphatic rings. The summed E-state index contributed by atoms with van der Waals surface area (Å²) in [5, 5.41) is 9.65. The first-order valence-corrected chi connectivity index (χ1v) is 5.90. The zero-order chi connectivity index (χ0) is 11.2. The van der Waals surface area contributed by atoms with Gasteiger partial charge >= 0.3 is 0 Å². The van der Waals surface area contributed by atoms with E-state index >= 15 is 0 Å². The van der Waals surface area contributed by atoms with Crippen LogP contribution < -0.4 is 0 Å². The van der Waals surface area contributed by atoms with Crippen LogP contribution in [0.3, 0.4) is 0 Å². The number of amides is 1. The van der Waals surface area contributed by atoms with E-state index in [2.05, 4.69) is 0 Å². The lowest BCUT2D eigenvalue weighted by atomic mass is 9.90. The van der Waals surface area contributed by atoms with E-state index in [1.165, 1.54) is 0 Å². The Labute approximate surface area is 91.5 Å². The third-order valence-electron chi connectivity index (χ3n) is 3.58. The summed E-state index contributed by atoms with van der Waals surface area (Å²) in [6, 6.07) is 0.593. The molecule has 0 spiro atoms. The molecule has 2 atom stereocenters. The van der Waals surface area contributed by atoms with Gasteiger partial charge in [-0.15, -0.1) is 0 Å². The zero-order valence-electron chi connectivity index (χ0n) is 9.86. The van der Waals surface area contributed by atoms with Crippen molar-refractivity contribution >= 4 is 5.91 Å². The van der Waals surface area contributed by atoms with Crippen LogP contribution in [0.15, 0.2) is 0 Å². The lowest BCUT2D eigenvalue weighted by Crippen LogP contribution is -2.51. The fraction of sp³-hybridized carbons (Fsp3) is 0.917. The van der Waals surface area contributed by atoms with E-state index in [4.69, 9.17) is 0 Å². The van der Waals surface area contributed by atoms with Crippen molar-refractivity contribution in [1.82, 2.24) is 4.90 Å². The molecule has 2 unspecified atom stereocenters. The van der Waals surface area contributed by atoms with E-state index in [9.17, 15) is 9.90 Å². The number of fused-ring (bicyclic) bond motifs is 2. The summed E-state index contributed by atoms with van der Waals surface area (Å²) >= 11 is 0. The van der Waals surface area contributed by atoms with Crippen LogP contribution in [0.2, 0.25) is 0 Å². The van der Waals surface area contributed by atoms with Crippen LogP contribution in [-0.4, -0.2) is 34.1 Å². The summed E-state index contributed by atoms with van der Waals surface area (Å²) < 4.78 is 0. The summed E-state index contributed by atoms with van der Waals surface area (Å²) in [5.41, 5.74) is -0.289. The Bertz CT molecular complexity index is 255. The molecule has 2 heterocycles. The standard InChI is InChI=1S/C12H21NO2/c1-12(2,3)11(15)13-8-4-5-9(13)7-10(14)6-8/h8-10,14H,4-7H2,1-3H3. The van der Waals surface area contributed by atoms with Gasteiger partial charge in [0.15, 0.2) is 0 Å². The first kappa shape index (κ1) is 10.9. The van der Waals surface area contributed by atoms with Crippen LogP contribution in [0, 0.1) is 5.41 Å². The van der Waals surface area contributed by atoms with Crippen molar-refractivity contribution in [2.75, 3.05) is 0 Å². The smallest absolute Gasteiger partial charge is 0.228 e. The van der Waals surface area contributed by atoms with E-state index in [-0.39, 0.29) is 17.4 Å². The molecule has 2 fully saturated rings. The average Bonchev–Trinajstić information content (AvgIpc) is 2.35. The number of rotatable bonds is 0. The van der Waals surface area contributed by atoms with Crippen molar-refractivity contribution in [3.8, 4) is 0 Å². The van der Waals surface area contributed by atoms with Gasteiger partial charge in [-0.2, -0.15) is 0 Å². The second-order valence-electron chi connectivity index (χ2n) is 5.97. The minimum atomic E-state index is -0.289. The first-order chi connectivity index (χ1) is 6.89. The maximum absolute atomic E-state index is 12.2. The number of carbonyl (C=O) groups is 1. The normalized spacial score (nSPS) is 35.7. The molecule has 3 nitrogen and oxygen atoms in total. The van der Waals surface area contributed by atoms with Crippen LogP contribution in [0.1, 0.15) is 46.5 Å². The Hall–Kier alpha value is -0.570. The molecule has 1 amide bonds. The topological polar surface area (TPSA) is 40.5 Å². The highest BCUT2D eigenvalue weighted by Gasteiger charge is 2.45. The SMILES string of the molecule is CC(C)(C)C(=O)N1C2CCC1CC(O)C2. The predicted octanol–water partition coefficient (Wildman–Crippen LogP) is 1.55. The van der Waals surface area contributed by atoms with Crippen molar-refractivity contribution in [3.63, 3.8) is 0 Å². The largest absolute Gasteiger partial charge is 0.393 e. The van der Waals surface area contributed by atoms with Gasteiger partial charge in [0.2, 0.25) is 5.91 Å². The van der Waals surface area contributed by atoms with Crippen LogP contribution in [0.5, 0.6) is 0 Å². The Balaban J connectivity index is 2.15. The highest BCUT2D eigenvalue weighted by molar-refractivity contribution is 5.82. The molecule has 2 rings (SSSR count). The predicted molar refractivity (Wildman–Crippen MR) is 58.4 cm³/mol. The monoisotopic (exact) mass is 211 g/mol. The van der Waals surface area contributed by atoms with Crippen LogP contribution >= 0.6 is 0 Å². The molecule has 0 aromatic rings. The maximum Gasteiger partial charge on any atom is 0.228 e. The van der Waals surface area contributed by atoms with Gasteiger partial charge in [0.05, 0.1) is 6.10 Å². The van der Waals surface area contributed by atoms with Gasteiger partial charge in [-0.3, -0.25) is 4.79 Å². The van der Waals surface area contributed by atoms with E-state index < -0.39 is 0 Å². The van der Waals surface area contributed by atoms with Gasteiger partial charge in [-0.25, -0.2) is 0 Å². The summed E-state index contributed by atoms with van der Waals surface area (Å²) in [4.78, 5) is 14.3. The van der Waals surface area contributed by atoms with Gasteiger partial charge in [0, 0.05) is 17.5 Å². The average molecular weight is 211 g/mol. The van der Waals surface area contributed by atoms with E-state index in [1.807, 2.05) is 25.7 Å². The van der Waals surface area contributed by atoms with Crippen LogP contribution in [0.4, 0.5) is 0 Å². The molecule has 0 radical (unpaired) electrons. The molecule has 2 aliphatic heterocycles. The van der Waals surface area contributed by atoms with Gasteiger partial charge in [-0.1, -0.05) is 20.8 Å². The molecule has 86 valence electrons. The van der Waals surface area contributed by atoms with E-state index in [0.717, 1.165) is 25.7 Å². The summed E-state index contributed by atoms with van der Waals surface area (Å²) in [6.45, 7) is 5.92. The summed E-state index contributed by atoms with van der Waals surface area (Å²) in [6.07, 6.45) is 3.51. The number of hydrogen-bond acceptors (Lipinski definition) is 2. The molecule has 0 aromatic heterocycles. The Morgan fingerprint density at radius 2 is 1.67 bits per heavy atom. The molecule has 2 saturated heterocycles. The van der Waals surface area contributed by atoms with E-state index in [0.29, 0.717) is 12.1 Å². The fourth-order valence-electron chi connectivity index (χ4n) is 2.87. The Kier molecular flexibility index (Phi) is 2.53. The van der Waals surface area contributed by atoms with Crippen LogP contribution in [-0.2, 0) is 4.79 Å². The molecule has 1 N–H and O–H groups in total. The van der Waals surface area contributed by atoms with Crippen molar-refractivity contribution in [1.29, 1.82) is 0 Å². The number of piperidine rings is 1. The van der Waals surface area contributed by atoms with Gasteiger partial charge in [-0.05, 0) is 25.7 Å². The van der Waals surface area contributed by atoms with Gasteiger partial charge in [0.1, 0.15) is 0 Å². The minimum Gasteiger partial charge on any atom is -0.393 e. The van der Waals surface area contributed by atoms with Gasteiger partial charge < -0.3 is 10.0 Å². The zero-order valence-corrected chi connectivity index (χ0v) is 9.86. The molecule has 15 heavy (non-hydrogen) atoms. The fourth-order valence-corrected chi connectivity index (χ4v) is 2.87. The number of hydrogen-bond donors (Lipinski definition) is 1. The number of aliphatic hydroxyl groups is 1. The van der Waals surface area contributed by atoms with Crippen molar-refractivity contribution < 1.29 is 9.90 Å². The third kappa shape index (κ3) is 1.89. The first-order valence-electron chi connectivity index (χ1n) is 5.90. The molecule has 0 aromatic carbocycles. The lowest BCUT2D eigenvalue weighted by Gasteiger charge is -2.40. The molecule has 3 heteroatoms. The third-order valence-corrected chi connectivity index (χ3v) is 3.58. The second-order valence-corrected chi connectivity index (χ2v) is 5.97. The molecule has 0 aliphatic carbocycles. The molecule has 0 saturated carbocycles. The van der Waals surface area contributed by atoms with Crippen LogP contribution in [0.25, 0.3) is 0 Å². The maximum atomic E-state index is 12.2. The number of aliphatic hydroxyl groups excluding tert-OH is 1. The molecule has 2 bridgehead atoms. The second kappa shape index (κ2) is 3.48. The van der Waals surface area contributed by atoms with Crippen molar-refractivity contribution in [2.45, 2.75) is 64.6 Å². The van der Waals surface area contributed by atoms with E-state index in [1.54, 1.807) is 0 Å². The Morgan fingerprint density at radius 3 is 2.07 bits per heavy atom. The highest BCUT2D eigenvalue weighted by Crippen LogP contribution is 2.38. The minimum absolute atomic E-state index is 0.188. The number of carbonyl (C=O) groups excluding carboxylic acids is 1. The lowest BCUT2D eigenvalue weighted by molar-refractivity contribution is -0.145. The molecular formula is C12H21NO2. The van der Waals surface area contributed by atoms with Gasteiger partial charge in [0.25, 0.3) is 0 Å². The summed E-state index contributed by atoms with van der Waals surface area (Å²) in [7, 11) is 0.